The zero-order chi connectivity index (χ0) is 7.68. The van der Waals surface area contributed by atoms with Crippen molar-refractivity contribution in [2.45, 2.75) is 18.9 Å². The summed E-state index contributed by atoms with van der Waals surface area (Å²) in [6, 6.07) is 0. The molecule has 1 atom stereocenters. The Morgan fingerprint density at radius 3 is 3.09 bits per heavy atom. The molecule has 2 heterocycles. The van der Waals surface area contributed by atoms with E-state index >= 15 is 0 Å². The maximum absolute atomic E-state index is 5.41. The van der Waals surface area contributed by atoms with Crippen LogP contribution in [0.2, 0.25) is 0 Å². The van der Waals surface area contributed by atoms with E-state index in [9.17, 15) is 0 Å². The van der Waals surface area contributed by atoms with Crippen molar-refractivity contribution in [2.24, 2.45) is 0 Å². The van der Waals surface area contributed by atoms with E-state index in [1.807, 2.05) is 0 Å². The molecule has 0 amide bonds. The Morgan fingerprint density at radius 2 is 2.55 bits per heavy atom. The van der Waals surface area contributed by atoms with Crippen LogP contribution in [0, 0.1) is 0 Å². The van der Waals surface area contributed by atoms with Gasteiger partial charge in [-0.3, -0.25) is 0 Å². The Hall–Kier alpha value is -0.0000000000000000555. The van der Waals surface area contributed by atoms with Crippen LogP contribution < -0.4 is 0 Å². The van der Waals surface area contributed by atoms with Gasteiger partial charge in [-0.25, -0.2) is 4.98 Å². The zero-order valence-electron chi connectivity index (χ0n) is 5.79. The molecule has 60 valence electrons. The molecule has 1 aromatic rings. The third kappa shape index (κ3) is 1.60. The summed E-state index contributed by atoms with van der Waals surface area (Å²) < 4.78 is 10.4. The molecule has 1 saturated heterocycles. The largest absolute Gasteiger partial charge is 0.370 e. The van der Waals surface area contributed by atoms with Crippen LogP contribution in [0.4, 0.5) is 0 Å². The molecule has 3 nitrogen and oxygen atoms in total. The fourth-order valence-electron chi connectivity index (χ4n) is 1.13. The Bertz CT molecular complexity index is 246. The summed E-state index contributed by atoms with van der Waals surface area (Å²) >= 11 is 4.64. The van der Waals surface area contributed by atoms with Gasteiger partial charge in [0.1, 0.15) is 6.10 Å². The summed E-state index contributed by atoms with van der Waals surface area (Å²) in [4.78, 5) is 4.19. The highest BCUT2D eigenvalue weighted by molar-refractivity contribution is 9.11. The average molecular weight is 235 g/mol. The van der Waals surface area contributed by atoms with Gasteiger partial charge in [0.25, 0.3) is 0 Å². The van der Waals surface area contributed by atoms with Gasteiger partial charge in [0.15, 0.2) is 9.74 Å². The number of rotatable bonds is 1. The van der Waals surface area contributed by atoms with Crippen LogP contribution in [0.25, 0.3) is 0 Å². The second kappa shape index (κ2) is 3.16. The monoisotopic (exact) mass is 234 g/mol. The lowest BCUT2D eigenvalue weighted by atomic mass is 10.2. The predicted molar refractivity (Wildman–Crippen MR) is 45.5 cm³/mol. The standard InChI is InChI=1S/C6H7BrN2OS/c7-6-8-5(9-11-6)4-2-1-3-10-4/h4H,1-3H2. The van der Waals surface area contributed by atoms with Crippen molar-refractivity contribution in [2.75, 3.05) is 6.61 Å². The molecule has 1 aliphatic rings. The van der Waals surface area contributed by atoms with E-state index < -0.39 is 0 Å². The van der Waals surface area contributed by atoms with Crippen molar-refractivity contribution < 1.29 is 4.74 Å². The van der Waals surface area contributed by atoms with Gasteiger partial charge < -0.3 is 4.74 Å². The first-order valence-corrected chi connectivity index (χ1v) is 5.03. The molecule has 0 N–H and O–H groups in total. The summed E-state index contributed by atoms with van der Waals surface area (Å²) in [6.07, 6.45) is 2.34. The van der Waals surface area contributed by atoms with Gasteiger partial charge in [0.2, 0.25) is 0 Å². The van der Waals surface area contributed by atoms with Crippen molar-refractivity contribution >= 4 is 27.5 Å². The van der Waals surface area contributed by atoms with Crippen LogP contribution >= 0.6 is 27.5 Å². The van der Waals surface area contributed by atoms with E-state index in [-0.39, 0.29) is 6.10 Å². The van der Waals surface area contributed by atoms with Gasteiger partial charge >= 0.3 is 0 Å². The minimum atomic E-state index is 0.151. The second-order valence-corrected chi connectivity index (χ2v) is 4.44. The first-order chi connectivity index (χ1) is 5.36. The van der Waals surface area contributed by atoms with Crippen LogP contribution in [0.3, 0.4) is 0 Å². The number of aromatic nitrogens is 2. The third-order valence-electron chi connectivity index (χ3n) is 1.63. The average Bonchev–Trinajstić information content (AvgIpc) is 2.55. The SMILES string of the molecule is Brc1nc(C2CCCO2)ns1. The number of ether oxygens (including phenoxy) is 1. The molecule has 0 aromatic carbocycles. The van der Waals surface area contributed by atoms with Crippen molar-refractivity contribution in [3.8, 4) is 0 Å². The molecule has 1 fully saturated rings. The van der Waals surface area contributed by atoms with E-state index in [0.29, 0.717) is 0 Å². The highest BCUT2D eigenvalue weighted by atomic mass is 79.9. The summed E-state index contributed by atoms with van der Waals surface area (Å²) in [6.45, 7) is 0.849. The third-order valence-corrected chi connectivity index (χ3v) is 2.77. The van der Waals surface area contributed by atoms with E-state index in [1.54, 1.807) is 0 Å². The van der Waals surface area contributed by atoms with Gasteiger partial charge in [-0.2, -0.15) is 4.37 Å². The maximum Gasteiger partial charge on any atom is 0.179 e. The van der Waals surface area contributed by atoms with E-state index in [2.05, 4.69) is 25.3 Å². The molecule has 1 aliphatic heterocycles. The van der Waals surface area contributed by atoms with Crippen LogP contribution in [0.15, 0.2) is 3.92 Å². The van der Waals surface area contributed by atoms with Crippen LogP contribution in [-0.2, 0) is 4.74 Å². The van der Waals surface area contributed by atoms with E-state index in [0.717, 1.165) is 29.2 Å². The summed E-state index contributed by atoms with van der Waals surface area (Å²) in [5.74, 6) is 0.833. The highest BCUT2D eigenvalue weighted by Gasteiger charge is 2.21. The molecule has 5 heteroatoms. The summed E-state index contributed by atoms with van der Waals surface area (Å²) in [5, 5.41) is 0. The second-order valence-electron chi connectivity index (χ2n) is 2.41. The molecule has 0 saturated carbocycles. The molecular weight excluding hydrogens is 228 g/mol. The minimum Gasteiger partial charge on any atom is -0.370 e. The molecule has 0 radical (unpaired) electrons. The number of nitrogens with zero attached hydrogens (tertiary/aromatic N) is 2. The normalized spacial score (nSPS) is 24.3. The van der Waals surface area contributed by atoms with E-state index in [1.165, 1.54) is 11.5 Å². The van der Waals surface area contributed by atoms with Gasteiger partial charge in [-0.1, -0.05) is 0 Å². The highest BCUT2D eigenvalue weighted by Crippen LogP contribution is 2.28. The van der Waals surface area contributed by atoms with Crippen LogP contribution in [0.5, 0.6) is 0 Å². The lowest BCUT2D eigenvalue weighted by Crippen LogP contribution is -1.97. The number of hydrogen-bond acceptors (Lipinski definition) is 4. The van der Waals surface area contributed by atoms with Crippen molar-refractivity contribution in [1.82, 2.24) is 9.36 Å². The molecule has 0 bridgehead atoms. The molecule has 0 spiro atoms. The Labute approximate surface area is 77.1 Å². The lowest BCUT2D eigenvalue weighted by Gasteiger charge is -2.01. The fraction of sp³-hybridized carbons (Fsp3) is 0.667. The molecule has 1 aromatic heterocycles. The van der Waals surface area contributed by atoms with E-state index in [4.69, 9.17) is 4.74 Å². The van der Waals surface area contributed by atoms with Gasteiger partial charge in [-0.15, -0.1) is 0 Å². The number of hydrogen-bond donors (Lipinski definition) is 0. The van der Waals surface area contributed by atoms with Crippen molar-refractivity contribution in [1.29, 1.82) is 0 Å². The molecule has 2 rings (SSSR count). The predicted octanol–water partition coefficient (Wildman–Crippen LogP) is 2.15. The van der Waals surface area contributed by atoms with Gasteiger partial charge in [-0.05, 0) is 40.3 Å². The van der Waals surface area contributed by atoms with Crippen molar-refractivity contribution in [3.05, 3.63) is 9.74 Å². The Kier molecular flexibility index (Phi) is 2.20. The molecule has 11 heavy (non-hydrogen) atoms. The quantitative estimate of drug-likeness (QED) is 0.748. The minimum absolute atomic E-state index is 0.151. The topological polar surface area (TPSA) is 35.0 Å². The number of halogens is 1. The molecule has 0 aliphatic carbocycles. The fourth-order valence-corrected chi connectivity index (χ4v) is 1.99. The van der Waals surface area contributed by atoms with Crippen molar-refractivity contribution in [3.63, 3.8) is 0 Å². The molecule has 1 unspecified atom stereocenters. The maximum atomic E-state index is 5.41. The zero-order valence-corrected chi connectivity index (χ0v) is 8.19. The smallest absolute Gasteiger partial charge is 0.179 e. The van der Waals surface area contributed by atoms with Crippen LogP contribution in [-0.4, -0.2) is 16.0 Å². The Morgan fingerprint density at radius 1 is 1.64 bits per heavy atom. The summed E-state index contributed by atoms with van der Waals surface area (Å²) in [7, 11) is 0. The van der Waals surface area contributed by atoms with Gasteiger partial charge in [0, 0.05) is 6.61 Å². The van der Waals surface area contributed by atoms with Gasteiger partial charge in [0.05, 0.1) is 0 Å². The first-order valence-electron chi connectivity index (χ1n) is 3.47. The molecular formula is C6H7BrN2OS. The Balaban J connectivity index is 2.15. The summed E-state index contributed by atoms with van der Waals surface area (Å²) in [5.41, 5.74) is 0. The lowest BCUT2D eigenvalue weighted by molar-refractivity contribution is 0.106. The first kappa shape index (κ1) is 7.64. The van der Waals surface area contributed by atoms with Crippen LogP contribution in [0.1, 0.15) is 24.8 Å².